The molecule has 0 saturated carbocycles. The Kier molecular flexibility index (Phi) is 7.59. The summed E-state index contributed by atoms with van der Waals surface area (Å²) >= 11 is 0. The molecule has 2 saturated heterocycles. The van der Waals surface area contributed by atoms with Crippen molar-refractivity contribution in [3.63, 3.8) is 0 Å². The summed E-state index contributed by atoms with van der Waals surface area (Å²) in [7, 11) is 3.21. The van der Waals surface area contributed by atoms with E-state index in [0.29, 0.717) is 25.8 Å². The van der Waals surface area contributed by atoms with E-state index in [0.717, 1.165) is 12.8 Å². The van der Waals surface area contributed by atoms with Crippen LogP contribution in [0.5, 0.6) is 0 Å². The minimum atomic E-state index is -0.928. The van der Waals surface area contributed by atoms with Gasteiger partial charge in [0.1, 0.15) is 12.1 Å². The molecule has 10 nitrogen and oxygen atoms in total. The molecule has 2 aliphatic heterocycles. The van der Waals surface area contributed by atoms with E-state index >= 15 is 0 Å². The van der Waals surface area contributed by atoms with Crippen molar-refractivity contribution in [1.82, 2.24) is 31.1 Å². The fourth-order valence-corrected chi connectivity index (χ4v) is 5.47. The van der Waals surface area contributed by atoms with Gasteiger partial charge in [-0.1, -0.05) is 24.3 Å². The normalized spacial score (nSPS) is 25.2. The highest BCUT2D eigenvalue weighted by Gasteiger charge is 2.46. The van der Waals surface area contributed by atoms with E-state index in [-0.39, 0.29) is 42.4 Å². The molecule has 0 aromatic heterocycles. The first-order chi connectivity index (χ1) is 16.8. The van der Waals surface area contributed by atoms with Gasteiger partial charge in [-0.15, -0.1) is 0 Å². The minimum absolute atomic E-state index is 0.0135. The van der Waals surface area contributed by atoms with Gasteiger partial charge in [0.05, 0.1) is 12.6 Å². The molecule has 4 rings (SSSR count). The number of hydrogen-bond donors (Lipinski definition) is 4. The van der Waals surface area contributed by atoms with Gasteiger partial charge in [-0.05, 0) is 57.2 Å². The van der Waals surface area contributed by atoms with E-state index in [9.17, 15) is 19.2 Å². The molecule has 1 aromatic rings. The first kappa shape index (κ1) is 25.0. The molecule has 4 N–H and O–H groups in total. The average Bonchev–Trinajstić information content (AvgIpc) is 3.46. The van der Waals surface area contributed by atoms with Crippen LogP contribution in [0.3, 0.4) is 0 Å². The van der Waals surface area contributed by atoms with Gasteiger partial charge in [0, 0.05) is 25.7 Å². The molecule has 10 heteroatoms. The van der Waals surface area contributed by atoms with Gasteiger partial charge >= 0.3 is 6.03 Å². The van der Waals surface area contributed by atoms with Gasteiger partial charge in [-0.3, -0.25) is 14.4 Å². The molecule has 0 radical (unpaired) electrons. The Labute approximate surface area is 206 Å². The highest BCUT2D eigenvalue weighted by atomic mass is 16.2. The Bertz CT molecular complexity index is 959. The van der Waals surface area contributed by atoms with Gasteiger partial charge in [-0.25, -0.2) is 4.79 Å². The SMILES string of the molecule is CNC(=O)N1CC[C@H]2CC[C@@H](C(=O)NC3Cc4ccccc4C3)N2C(=O)[C@@H](NC(=O)[C@H](C)NC)C1. The van der Waals surface area contributed by atoms with Crippen molar-refractivity contribution in [3.8, 4) is 0 Å². The van der Waals surface area contributed by atoms with Gasteiger partial charge < -0.3 is 31.1 Å². The molecular weight excluding hydrogens is 448 g/mol. The number of nitrogens with zero attached hydrogens (tertiary/aromatic N) is 2. The van der Waals surface area contributed by atoms with Crippen molar-refractivity contribution in [2.75, 3.05) is 27.2 Å². The molecule has 4 atom stereocenters. The molecule has 3 aliphatic rings. The van der Waals surface area contributed by atoms with Gasteiger partial charge in [0.2, 0.25) is 17.7 Å². The van der Waals surface area contributed by atoms with Crippen molar-refractivity contribution in [1.29, 1.82) is 0 Å². The number of rotatable bonds is 5. The molecular formula is C25H36N6O4. The number of carbonyl (C=O) groups excluding carboxylic acids is 4. The third-order valence-electron chi connectivity index (χ3n) is 7.53. The minimum Gasteiger partial charge on any atom is -0.351 e. The van der Waals surface area contributed by atoms with Crippen LogP contribution in [0.4, 0.5) is 4.79 Å². The van der Waals surface area contributed by atoms with Crippen LogP contribution in [0.2, 0.25) is 0 Å². The van der Waals surface area contributed by atoms with E-state index in [2.05, 4.69) is 33.4 Å². The summed E-state index contributed by atoms with van der Waals surface area (Å²) in [5.74, 6) is -0.785. The van der Waals surface area contributed by atoms with E-state index in [1.807, 2.05) is 12.1 Å². The van der Waals surface area contributed by atoms with Crippen LogP contribution in [0, 0.1) is 0 Å². The second-order valence-electron chi connectivity index (χ2n) is 9.74. The molecule has 0 spiro atoms. The lowest BCUT2D eigenvalue weighted by atomic mass is 10.1. The third kappa shape index (κ3) is 5.27. The highest BCUT2D eigenvalue weighted by Crippen LogP contribution is 2.30. The number of nitrogens with one attached hydrogen (secondary N) is 4. The molecule has 5 amide bonds. The van der Waals surface area contributed by atoms with Crippen molar-refractivity contribution in [2.45, 2.75) is 69.2 Å². The predicted molar refractivity (Wildman–Crippen MR) is 131 cm³/mol. The largest absolute Gasteiger partial charge is 0.351 e. The lowest BCUT2D eigenvalue weighted by Gasteiger charge is -2.39. The second kappa shape index (κ2) is 10.6. The second-order valence-corrected chi connectivity index (χ2v) is 9.74. The molecule has 2 heterocycles. The van der Waals surface area contributed by atoms with Gasteiger partial charge in [-0.2, -0.15) is 0 Å². The zero-order chi connectivity index (χ0) is 25.1. The molecule has 1 aliphatic carbocycles. The summed E-state index contributed by atoms with van der Waals surface area (Å²) in [5.41, 5.74) is 2.50. The molecule has 35 heavy (non-hydrogen) atoms. The van der Waals surface area contributed by atoms with Crippen LogP contribution in [0.15, 0.2) is 24.3 Å². The van der Waals surface area contributed by atoms with E-state index in [1.165, 1.54) is 11.1 Å². The van der Waals surface area contributed by atoms with Gasteiger partial charge in [0.25, 0.3) is 0 Å². The molecule has 2 fully saturated rings. The monoisotopic (exact) mass is 484 g/mol. The third-order valence-corrected chi connectivity index (χ3v) is 7.53. The van der Waals surface area contributed by atoms with E-state index in [4.69, 9.17) is 0 Å². The Morgan fingerprint density at radius 2 is 1.69 bits per heavy atom. The lowest BCUT2D eigenvalue weighted by Crippen LogP contribution is -2.63. The van der Waals surface area contributed by atoms with E-state index < -0.39 is 18.1 Å². The number of fused-ring (bicyclic) bond motifs is 2. The van der Waals surface area contributed by atoms with Crippen LogP contribution in [-0.4, -0.2) is 90.9 Å². The smallest absolute Gasteiger partial charge is 0.317 e. The fraction of sp³-hybridized carbons (Fsp3) is 0.600. The van der Waals surface area contributed by atoms with Gasteiger partial charge in [0.15, 0.2) is 0 Å². The van der Waals surface area contributed by atoms with Crippen LogP contribution >= 0.6 is 0 Å². The van der Waals surface area contributed by atoms with Crippen LogP contribution in [0.25, 0.3) is 0 Å². The van der Waals surface area contributed by atoms with Crippen LogP contribution in [-0.2, 0) is 27.2 Å². The molecule has 190 valence electrons. The fourth-order valence-electron chi connectivity index (χ4n) is 5.47. The summed E-state index contributed by atoms with van der Waals surface area (Å²) in [6.45, 7) is 2.19. The Hall–Kier alpha value is -3.14. The van der Waals surface area contributed by atoms with Crippen molar-refractivity contribution in [2.24, 2.45) is 0 Å². The standard InChI is InChI=1S/C25H36N6O4/c1-15(26-2)22(32)29-20-14-30(25(35)27-3)11-10-19-8-9-21(31(19)24(20)34)23(33)28-18-12-16-6-4-5-7-17(16)13-18/h4-7,15,18-21,26H,8-14H2,1-3H3,(H,27,35)(H,28,33)(H,29,32)/t15-,19+,20-,21-/m0/s1. The maximum absolute atomic E-state index is 13.8. The zero-order valence-electron chi connectivity index (χ0n) is 20.7. The number of hydrogen-bond acceptors (Lipinski definition) is 5. The first-order valence-corrected chi connectivity index (χ1v) is 12.5. The average molecular weight is 485 g/mol. The molecule has 1 aromatic carbocycles. The highest BCUT2D eigenvalue weighted by molar-refractivity contribution is 5.94. The molecule has 0 bridgehead atoms. The number of likely N-dealkylation sites (N-methyl/N-ethyl adjacent to an activating group) is 1. The zero-order valence-corrected chi connectivity index (χ0v) is 20.7. The number of amides is 5. The maximum atomic E-state index is 13.8. The van der Waals surface area contributed by atoms with Crippen molar-refractivity contribution in [3.05, 3.63) is 35.4 Å². The summed E-state index contributed by atoms with van der Waals surface area (Å²) in [6, 6.07) is 5.75. The Morgan fingerprint density at radius 1 is 1.00 bits per heavy atom. The number of urea groups is 1. The number of benzene rings is 1. The number of carbonyl (C=O) groups is 4. The summed E-state index contributed by atoms with van der Waals surface area (Å²) in [5, 5.41) is 11.5. The summed E-state index contributed by atoms with van der Waals surface area (Å²) in [6.07, 6.45) is 3.41. The first-order valence-electron chi connectivity index (χ1n) is 12.5. The summed E-state index contributed by atoms with van der Waals surface area (Å²) in [4.78, 5) is 55.4. The van der Waals surface area contributed by atoms with Crippen LogP contribution < -0.4 is 21.3 Å². The molecule has 0 unspecified atom stereocenters. The van der Waals surface area contributed by atoms with Crippen molar-refractivity contribution >= 4 is 23.8 Å². The summed E-state index contributed by atoms with van der Waals surface area (Å²) < 4.78 is 0. The van der Waals surface area contributed by atoms with E-state index in [1.54, 1.807) is 30.8 Å². The maximum Gasteiger partial charge on any atom is 0.317 e. The Balaban J connectivity index is 1.50. The Morgan fingerprint density at radius 3 is 2.31 bits per heavy atom. The quantitative estimate of drug-likeness (QED) is 0.460. The predicted octanol–water partition coefficient (Wildman–Crippen LogP) is -0.233. The van der Waals surface area contributed by atoms with Crippen LogP contribution in [0.1, 0.15) is 37.3 Å². The van der Waals surface area contributed by atoms with Crippen molar-refractivity contribution < 1.29 is 19.2 Å². The topological polar surface area (TPSA) is 123 Å². The lowest BCUT2D eigenvalue weighted by molar-refractivity contribution is -0.145.